The van der Waals surface area contributed by atoms with Crippen LogP contribution in [-0.4, -0.2) is 19.2 Å². The van der Waals surface area contributed by atoms with Crippen LogP contribution in [0.15, 0.2) is 72.8 Å². The highest BCUT2D eigenvalue weighted by molar-refractivity contribution is 5.95. The number of halogens is 7. The molecule has 0 spiro atoms. The van der Waals surface area contributed by atoms with Crippen molar-refractivity contribution < 1.29 is 40.3 Å². The predicted molar refractivity (Wildman–Crippen MR) is 121 cm³/mol. The first-order chi connectivity index (χ1) is 17.3. The molecule has 1 aliphatic rings. The van der Waals surface area contributed by atoms with Gasteiger partial charge in [-0.1, -0.05) is 42.5 Å². The molecule has 37 heavy (non-hydrogen) atoms. The smallest absolute Gasteiger partial charge is 0.371 e. The summed E-state index contributed by atoms with van der Waals surface area (Å²) in [6.07, 6.45) is -11.2. The quantitative estimate of drug-likeness (QED) is 0.349. The van der Waals surface area contributed by atoms with Crippen LogP contribution in [0.3, 0.4) is 0 Å². The van der Waals surface area contributed by atoms with Gasteiger partial charge in [0.25, 0.3) is 0 Å². The third-order valence-electron chi connectivity index (χ3n) is 6.15. The summed E-state index contributed by atoms with van der Waals surface area (Å²) >= 11 is 0. The van der Waals surface area contributed by atoms with E-state index in [0.29, 0.717) is 17.7 Å². The van der Waals surface area contributed by atoms with Crippen molar-refractivity contribution >= 4 is 11.7 Å². The third kappa shape index (κ3) is 5.56. The summed E-state index contributed by atoms with van der Waals surface area (Å²) in [6, 6.07) is 14.7. The van der Waals surface area contributed by atoms with Crippen LogP contribution in [0.25, 0.3) is 0 Å². The van der Waals surface area contributed by atoms with Gasteiger partial charge in [-0.2, -0.15) is 26.3 Å². The number of nitrogens with zero attached hydrogens (tertiary/aromatic N) is 1. The molecule has 3 aromatic carbocycles. The van der Waals surface area contributed by atoms with Gasteiger partial charge in [0.2, 0.25) is 0 Å². The Balaban J connectivity index is 1.66. The number of anilines is 1. The summed E-state index contributed by atoms with van der Waals surface area (Å²) in [5.41, 5.74) is -3.92. The molecule has 0 aliphatic carbocycles. The van der Waals surface area contributed by atoms with E-state index in [-0.39, 0.29) is 30.5 Å². The number of para-hydroxylation sites is 1. The Labute approximate surface area is 207 Å². The van der Waals surface area contributed by atoms with E-state index < -0.39 is 47.0 Å². The van der Waals surface area contributed by atoms with Gasteiger partial charge < -0.3 is 10.1 Å². The molecule has 0 saturated carbocycles. The fourth-order valence-corrected chi connectivity index (χ4v) is 4.18. The van der Waals surface area contributed by atoms with Gasteiger partial charge in [-0.25, -0.2) is 9.18 Å². The van der Waals surface area contributed by atoms with Crippen molar-refractivity contribution in [3.8, 4) is 0 Å². The number of hydrogen-bond acceptors (Lipinski definition) is 2. The Kier molecular flexibility index (Phi) is 6.93. The molecule has 1 N–H and O–H groups in total. The fourth-order valence-electron chi connectivity index (χ4n) is 4.18. The highest BCUT2D eigenvalue weighted by Crippen LogP contribution is 2.39. The van der Waals surface area contributed by atoms with E-state index in [1.54, 1.807) is 36.4 Å². The molecule has 1 aliphatic heterocycles. The monoisotopic (exact) mass is 526 g/mol. The molecule has 11 heteroatoms. The number of urea groups is 1. The lowest BCUT2D eigenvalue weighted by atomic mass is 9.91. The van der Waals surface area contributed by atoms with E-state index in [1.807, 2.05) is 0 Å². The van der Waals surface area contributed by atoms with Crippen LogP contribution in [0.4, 0.5) is 41.2 Å². The molecule has 3 aromatic rings. The van der Waals surface area contributed by atoms with Crippen molar-refractivity contribution in [3.63, 3.8) is 0 Å². The maximum Gasteiger partial charge on any atom is 0.416 e. The minimum Gasteiger partial charge on any atom is -0.371 e. The van der Waals surface area contributed by atoms with Gasteiger partial charge in [0, 0.05) is 0 Å². The Morgan fingerprint density at radius 3 is 2.05 bits per heavy atom. The van der Waals surface area contributed by atoms with E-state index in [2.05, 4.69) is 5.32 Å². The van der Waals surface area contributed by atoms with Crippen LogP contribution in [0.5, 0.6) is 0 Å². The number of amides is 2. The maximum absolute atomic E-state index is 14.4. The lowest BCUT2D eigenvalue weighted by Crippen LogP contribution is -2.45. The zero-order valence-electron chi connectivity index (χ0n) is 19.3. The summed E-state index contributed by atoms with van der Waals surface area (Å²) in [5, 5.41) is 2.77. The molecule has 2 amide bonds. The van der Waals surface area contributed by atoms with Crippen LogP contribution in [-0.2, 0) is 22.6 Å². The second-order valence-corrected chi connectivity index (χ2v) is 8.71. The molecule has 0 aromatic heterocycles. The number of nitrogens with one attached hydrogen (secondary N) is 1. The van der Waals surface area contributed by atoms with E-state index in [9.17, 15) is 35.5 Å². The fraction of sp³-hybridized carbons (Fsp3) is 0.269. The zero-order valence-corrected chi connectivity index (χ0v) is 19.3. The average molecular weight is 526 g/mol. The Hall–Kier alpha value is -3.60. The van der Waals surface area contributed by atoms with Gasteiger partial charge >= 0.3 is 18.4 Å². The van der Waals surface area contributed by atoms with Crippen molar-refractivity contribution in [3.05, 3.63) is 101 Å². The van der Waals surface area contributed by atoms with E-state index >= 15 is 0 Å². The van der Waals surface area contributed by atoms with Crippen LogP contribution < -0.4 is 10.2 Å². The van der Waals surface area contributed by atoms with Crippen molar-refractivity contribution in [1.29, 1.82) is 0 Å². The molecule has 4 rings (SSSR count). The SMILES string of the molecule is C[C@@H](OC[C@@]1(c2ccccc2)CN(c2ccccc2F)C(=O)N1)c1cc(C(F)(F)F)cc(C(F)(F)F)c1. The second-order valence-electron chi connectivity index (χ2n) is 8.71. The standard InChI is InChI=1S/C26H21F7N2O2/c1-16(17-11-19(25(28,29)30)13-20(12-17)26(31,32)33)37-15-24(18-7-3-2-4-8-18)14-35(23(36)34-24)22-10-6-5-9-21(22)27/h2-13,16H,14-15H2,1H3,(H,34,36)/t16-,24-/m1/s1. The highest BCUT2D eigenvalue weighted by Gasteiger charge is 2.46. The summed E-state index contributed by atoms with van der Waals surface area (Å²) in [5.74, 6) is -0.639. The Bertz CT molecular complexity index is 1250. The van der Waals surface area contributed by atoms with Gasteiger partial charge in [0.1, 0.15) is 11.4 Å². The summed E-state index contributed by atoms with van der Waals surface area (Å²) in [6.45, 7) is 0.909. The van der Waals surface area contributed by atoms with Crippen molar-refractivity contribution in [2.45, 2.75) is 30.9 Å². The van der Waals surface area contributed by atoms with Crippen molar-refractivity contribution in [2.24, 2.45) is 0 Å². The van der Waals surface area contributed by atoms with Crippen molar-refractivity contribution in [2.75, 3.05) is 18.1 Å². The summed E-state index contributed by atoms with van der Waals surface area (Å²) in [7, 11) is 0. The first-order valence-corrected chi connectivity index (χ1v) is 11.1. The van der Waals surface area contributed by atoms with Crippen LogP contribution in [0, 0.1) is 5.82 Å². The number of ether oxygens (including phenoxy) is 1. The van der Waals surface area contributed by atoms with E-state index in [1.165, 1.54) is 30.0 Å². The summed E-state index contributed by atoms with van der Waals surface area (Å²) < 4.78 is 100. The minimum absolute atomic E-state index is 0.0125. The molecule has 0 bridgehead atoms. The molecular formula is C26H21F7N2O2. The number of carbonyl (C=O) groups excluding carboxylic acids is 1. The number of benzene rings is 3. The number of rotatable bonds is 6. The first-order valence-electron chi connectivity index (χ1n) is 11.1. The molecule has 1 saturated heterocycles. The molecule has 0 unspecified atom stereocenters. The van der Waals surface area contributed by atoms with Gasteiger partial charge in [0.15, 0.2) is 0 Å². The molecule has 4 nitrogen and oxygen atoms in total. The van der Waals surface area contributed by atoms with Gasteiger partial charge in [-0.05, 0) is 48.4 Å². The predicted octanol–water partition coefficient (Wildman–Crippen LogP) is 7.07. The lowest BCUT2D eigenvalue weighted by Gasteiger charge is -2.31. The van der Waals surface area contributed by atoms with E-state index in [0.717, 1.165) is 0 Å². The molecule has 2 atom stereocenters. The maximum atomic E-state index is 14.4. The van der Waals surface area contributed by atoms with Gasteiger partial charge in [-0.15, -0.1) is 0 Å². The third-order valence-corrected chi connectivity index (χ3v) is 6.15. The van der Waals surface area contributed by atoms with E-state index in [4.69, 9.17) is 4.74 Å². The molecular weight excluding hydrogens is 505 g/mol. The number of carbonyl (C=O) groups is 1. The van der Waals surface area contributed by atoms with Crippen molar-refractivity contribution in [1.82, 2.24) is 5.32 Å². The average Bonchev–Trinajstić information content (AvgIpc) is 3.19. The molecule has 1 fully saturated rings. The Morgan fingerprint density at radius 1 is 0.919 bits per heavy atom. The Morgan fingerprint density at radius 2 is 1.49 bits per heavy atom. The van der Waals surface area contributed by atoms with Crippen LogP contribution in [0.2, 0.25) is 0 Å². The van der Waals surface area contributed by atoms with Crippen LogP contribution >= 0.6 is 0 Å². The molecule has 196 valence electrons. The number of hydrogen-bond donors (Lipinski definition) is 1. The largest absolute Gasteiger partial charge is 0.416 e. The zero-order chi connectivity index (χ0) is 27.0. The second kappa shape index (κ2) is 9.70. The molecule has 1 heterocycles. The van der Waals surface area contributed by atoms with Gasteiger partial charge in [-0.3, -0.25) is 4.90 Å². The summed E-state index contributed by atoms with van der Waals surface area (Å²) in [4.78, 5) is 14.1. The lowest BCUT2D eigenvalue weighted by molar-refractivity contribution is -0.143. The molecule has 0 radical (unpaired) electrons. The van der Waals surface area contributed by atoms with Gasteiger partial charge in [0.05, 0.1) is 36.1 Å². The van der Waals surface area contributed by atoms with Crippen LogP contribution in [0.1, 0.15) is 35.3 Å². The topological polar surface area (TPSA) is 41.6 Å². The first kappa shape index (κ1) is 26.5. The number of alkyl halides is 6. The highest BCUT2D eigenvalue weighted by atomic mass is 19.4. The normalized spacial score (nSPS) is 19.1. The minimum atomic E-state index is -5.00.